The Morgan fingerprint density at radius 2 is 1.96 bits per heavy atom. The highest BCUT2D eigenvalue weighted by molar-refractivity contribution is 7.14. The van der Waals surface area contributed by atoms with E-state index in [4.69, 9.17) is 16.1 Å². The maximum absolute atomic E-state index is 12.8. The number of aromatic nitrogens is 3. The summed E-state index contributed by atoms with van der Waals surface area (Å²) in [6, 6.07) is 9.10. The molecule has 1 amide bonds. The van der Waals surface area contributed by atoms with Crippen molar-refractivity contribution in [2.24, 2.45) is 0 Å². The van der Waals surface area contributed by atoms with Crippen LogP contribution in [0.5, 0.6) is 0 Å². The van der Waals surface area contributed by atoms with Crippen LogP contribution < -0.4 is 5.32 Å². The van der Waals surface area contributed by atoms with E-state index in [0.717, 1.165) is 11.3 Å². The summed E-state index contributed by atoms with van der Waals surface area (Å²) >= 11 is 7.27. The number of thiazole rings is 1. The van der Waals surface area contributed by atoms with Crippen molar-refractivity contribution in [1.29, 1.82) is 0 Å². The fourth-order valence-electron chi connectivity index (χ4n) is 2.65. The number of pyridine rings is 1. The van der Waals surface area contributed by atoms with E-state index in [-0.39, 0.29) is 5.91 Å². The monoisotopic (exact) mass is 384 g/mol. The predicted octanol–water partition coefficient (Wildman–Crippen LogP) is 4.87. The molecule has 1 N–H and O–H groups in total. The third-order valence-corrected chi connectivity index (χ3v) is 4.86. The van der Waals surface area contributed by atoms with Crippen LogP contribution in [0.15, 0.2) is 40.2 Å². The standard InChI is InChI=1S/C18H13ClN4O2S/c1-9-7-13(15-10(2)23-25-17(15)20-9)16(24)22-18-21-14(8-26-18)11-3-5-12(19)6-4-11/h3-8H,1-2H3,(H,21,22,24). The van der Waals surface area contributed by atoms with Crippen molar-refractivity contribution in [3.8, 4) is 11.3 Å². The van der Waals surface area contributed by atoms with Gasteiger partial charge in [0.2, 0.25) is 0 Å². The quantitative estimate of drug-likeness (QED) is 0.545. The Hall–Kier alpha value is -2.77. The number of carbonyl (C=O) groups is 1. The van der Waals surface area contributed by atoms with E-state index in [2.05, 4.69) is 20.4 Å². The van der Waals surface area contributed by atoms with Crippen molar-refractivity contribution in [1.82, 2.24) is 15.1 Å². The van der Waals surface area contributed by atoms with E-state index >= 15 is 0 Å². The Kier molecular flexibility index (Phi) is 4.18. The van der Waals surface area contributed by atoms with Crippen LogP contribution in [-0.2, 0) is 0 Å². The fourth-order valence-corrected chi connectivity index (χ4v) is 3.49. The minimum Gasteiger partial charge on any atom is -0.336 e. The lowest BCUT2D eigenvalue weighted by atomic mass is 10.1. The van der Waals surface area contributed by atoms with Gasteiger partial charge in [-0.05, 0) is 32.0 Å². The summed E-state index contributed by atoms with van der Waals surface area (Å²) in [5.74, 6) is -0.274. The smallest absolute Gasteiger partial charge is 0.258 e. The van der Waals surface area contributed by atoms with Gasteiger partial charge >= 0.3 is 0 Å². The Morgan fingerprint density at radius 3 is 2.73 bits per heavy atom. The number of halogens is 1. The van der Waals surface area contributed by atoms with Crippen molar-refractivity contribution in [2.75, 3.05) is 5.32 Å². The second-order valence-corrected chi connectivity index (χ2v) is 7.05. The molecule has 26 heavy (non-hydrogen) atoms. The van der Waals surface area contributed by atoms with Crippen molar-refractivity contribution in [2.45, 2.75) is 13.8 Å². The molecule has 1 aromatic carbocycles. The average molecular weight is 385 g/mol. The molecule has 0 aliphatic rings. The van der Waals surface area contributed by atoms with Crippen molar-refractivity contribution < 1.29 is 9.32 Å². The Balaban J connectivity index is 1.63. The molecule has 8 heteroatoms. The highest BCUT2D eigenvalue weighted by Crippen LogP contribution is 2.27. The van der Waals surface area contributed by atoms with E-state index in [1.54, 1.807) is 32.0 Å². The van der Waals surface area contributed by atoms with Crippen molar-refractivity contribution in [3.05, 3.63) is 57.7 Å². The molecule has 0 unspecified atom stereocenters. The summed E-state index contributed by atoms with van der Waals surface area (Å²) in [5, 5.41) is 10.4. The molecule has 0 spiro atoms. The van der Waals surface area contributed by atoms with Gasteiger partial charge in [-0.15, -0.1) is 11.3 Å². The summed E-state index contributed by atoms with van der Waals surface area (Å²) in [5.41, 5.74) is 3.84. The van der Waals surface area contributed by atoms with Crippen LogP contribution >= 0.6 is 22.9 Å². The first kappa shape index (κ1) is 16.7. The highest BCUT2D eigenvalue weighted by atomic mass is 35.5. The number of hydrogen-bond donors (Lipinski definition) is 1. The number of aryl methyl sites for hydroxylation is 2. The van der Waals surface area contributed by atoms with Gasteiger partial charge in [0.15, 0.2) is 5.13 Å². The number of benzene rings is 1. The van der Waals surface area contributed by atoms with Crippen molar-refractivity contribution >= 4 is 45.1 Å². The molecule has 0 saturated heterocycles. The molecule has 6 nitrogen and oxygen atoms in total. The van der Waals surface area contributed by atoms with Gasteiger partial charge in [0, 0.05) is 21.7 Å². The Morgan fingerprint density at radius 1 is 1.19 bits per heavy atom. The first-order chi connectivity index (χ1) is 12.5. The first-order valence-electron chi connectivity index (χ1n) is 7.78. The predicted molar refractivity (Wildman–Crippen MR) is 102 cm³/mol. The number of nitrogens with one attached hydrogen (secondary N) is 1. The maximum atomic E-state index is 12.8. The van der Waals surface area contributed by atoms with Crippen LogP contribution in [0.4, 0.5) is 5.13 Å². The number of carbonyl (C=O) groups excluding carboxylic acids is 1. The summed E-state index contributed by atoms with van der Waals surface area (Å²) in [4.78, 5) is 21.5. The molecule has 4 rings (SSSR count). The second-order valence-electron chi connectivity index (χ2n) is 5.76. The van der Waals surface area contributed by atoms with E-state index < -0.39 is 0 Å². The zero-order valence-electron chi connectivity index (χ0n) is 13.9. The van der Waals surface area contributed by atoms with Gasteiger partial charge in [-0.2, -0.15) is 0 Å². The number of rotatable bonds is 3. The third-order valence-electron chi connectivity index (χ3n) is 3.85. The fraction of sp³-hybridized carbons (Fsp3) is 0.111. The number of anilines is 1. The van der Waals surface area contributed by atoms with E-state index in [1.165, 1.54) is 11.3 Å². The lowest BCUT2D eigenvalue weighted by molar-refractivity contribution is 0.102. The molecule has 3 heterocycles. The zero-order valence-corrected chi connectivity index (χ0v) is 15.5. The molecular weight excluding hydrogens is 372 g/mol. The number of hydrogen-bond acceptors (Lipinski definition) is 6. The van der Waals surface area contributed by atoms with Gasteiger partial charge in [-0.3, -0.25) is 10.1 Å². The molecule has 0 fully saturated rings. The van der Waals surface area contributed by atoms with Crippen LogP contribution in [-0.4, -0.2) is 21.0 Å². The van der Waals surface area contributed by atoms with Gasteiger partial charge in [-0.1, -0.05) is 28.9 Å². The second kappa shape index (κ2) is 6.51. The molecule has 3 aromatic heterocycles. The number of nitrogens with zero attached hydrogens (tertiary/aromatic N) is 3. The molecule has 0 aliphatic heterocycles. The maximum Gasteiger partial charge on any atom is 0.258 e. The van der Waals surface area contributed by atoms with Gasteiger partial charge in [0.25, 0.3) is 11.6 Å². The van der Waals surface area contributed by atoms with E-state index in [1.807, 2.05) is 17.5 Å². The molecule has 0 atom stereocenters. The SMILES string of the molecule is Cc1cc(C(=O)Nc2nc(-c3ccc(Cl)cc3)cs2)c2c(C)noc2n1. The number of amides is 1. The normalized spacial score (nSPS) is 11.0. The van der Waals surface area contributed by atoms with Crippen molar-refractivity contribution in [3.63, 3.8) is 0 Å². The molecule has 4 aromatic rings. The minimum absolute atomic E-state index is 0.274. The molecule has 0 saturated carbocycles. The number of fused-ring (bicyclic) bond motifs is 1. The van der Waals surface area contributed by atoms with Crippen LogP contribution in [0.2, 0.25) is 5.02 Å². The van der Waals surface area contributed by atoms with Crippen LogP contribution in [0.3, 0.4) is 0 Å². The molecule has 130 valence electrons. The summed E-state index contributed by atoms with van der Waals surface area (Å²) < 4.78 is 5.18. The first-order valence-corrected chi connectivity index (χ1v) is 9.03. The summed E-state index contributed by atoms with van der Waals surface area (Å²) in [6.07, 6.45) is 0. The highest BCUT2D eigenvalue weighted by Gasteiger charge is 2.19. The molecule has 0 bridgehead atoms. The Labute approximate surface area is 157 Å². The third kappa shape index (κ3) is 3.07. The summed E-state index contributed by atoms with van der Waals surface area (Å²) in [7, 11) is 0. The summed E-state index contributed by atoms with van der Waals surface area (Å²) in [6.45, 7) is 3.58. The largest absolute Gasteiger partial charge is 0.336 e. The molecular formula is C18H13ClN4O2S. The van der Waals surface area contributed by atoms with Gasteiger partial charge in [-0.25, -0.2) is 9.97 Å². The van der Waals surface area contributed by atoms with Gasteiger partial charge < -0.3 is 4.52 Å². The van der Waals surface area contributed by atoms with Crippen LogP contribution in [0, 0.1) is 13.8 Å². The van der Waals surface area contributed by atoms with Crippen LogP contribution in [0.25, 0.3) is 22.4 Å². The zero-order chi connectivity index (χ0) is 18.3. The molecule has 0 radical (unpaired) electrons. The topological polar surface area (TPSA) is 80.9 Å². The van der Waals surface area contributed by atoms with E-state index in [0.29, 0.717) is 38.2 Å². The molecule has 0 aliphatic carbocycles. The Bertz CT molecular complexity index is 1120. The van der Waals surface area contributed by atoms with Crippen LogP contribution in [0.1, 0.15) is 21.7 Å². The average Bonchev–Trinajstić information content (AvgIpc) is 3.22. The minimum atomic E-state index is -0.274. The van der Waals surface area contributed by atoms with Gasteiger partial charge in [0.05, 0.1) is 22.3 Å². The van der Waals surface area contributed by atoms with E-state index in [9.17, 15) is 4.79 Å². The lowest BCUT2D eigenvalue weighted by Gasteiger charge is -2.04. The van der Waals surface area contributed by atoms with Gasteiger partial charge in [0.1, 0.15) is 0 Å². The lowest BCUT2D eigenvalue weighted by Crippen LogP contribution is -2.13.